The Morgan fingerprint density at radius 1 is 1.08 bits per heavy atom. The topological polar surface area (TPSA) is 118 Å². The highest BCUT2D eigenvalue weighted by Gasteiger charge is 2.39. The fourth-order valence-electron chi connectivity index (χ4n) is 3.91. The average Bonchev–Trinajstić information content (AvgIpc) is 3.33. The highest BCUT2D eigenvalue weighted by molar-refractivity contribution is 7.89. The van der Waals surface area contributed by atoms with Gasteiger partial charge in [0, 0.05) is 12.1 Å². The Balaban J connectivity index is 1.48. The van der Waals surface area contributed by atoms with Crippen LogP contribution in [0.5, 0.6) is 0 Å². The smallest absolute Gasteiger partial charge is 0.368 e. The van der Waals surface area contributed by atoms with Gasteiger partial charge < -0.3 is 11.1 Å². The molecule has 1 aliphatic heterocycles. The number of nitrogens with one attached hydrogen (secondary N) is 1. The van der Waals surface area contributed by atoms with Gasteiger partial charge in [0.25, 0.3) is 0 Å². The van der Waals surface area contributed by atoms with Gasteiger partial charge in [0.15, 0.2) is 0 Å². The zero-order chi connectivity index (χ0) is 26.1. The molecule has 1 aromatic heterocycles. The van der Waals surface area contributed by atoms with E-state index in [1.165, 1.54) is 18.2 Å². The number of alkyl halides is 3. The zero-order valence-electron chi connectivity index (χ0n) is 18.7. The van der Waals surface area contributed by atoms with Gasteiger partial charge in [-0.15, -0.1) is 0 Å². The van der Waals surface area contributed by atoms with Crippen LogP contribution in [-0.4, -0.2) is 41.2 Å². The first-order valence-corrected chi connectivity index (χ1v) is 12.3. The summed E-state index contributed by atoms with van der Waals surface area (Å²) in [7, 11) is -4.02. The number of amides is 1. The Bertz CT molecular complexity index is 1360. The molecule has 1 amide bonds. The molecule has 2 heterocycles. The number of anilines is 1. The summed E-state index contributed by atoms with van der Waals surface area (Å²) in [5, 5.41) is 2.64. The van der Waals surface area contributed by atoms with Crippen LogP contribution < -0.4 is 11.1 Å². The normalized spacial score (nSPS) is 16.7. The number of benzene rings is 2. The highest BCUT2D eigenvalue weighted by Crippen LogP contribution is 2.31. The Hall–Kier alpha value is -3.58. The third-order valence-corrected chi connectivity index (χ3v) is 7.60. The number of sulfonamides is 1. The summed E-state index contributed by atoms with van der Waals surface area (Å²) in [6.07, 6.45) is -3.71. The molecule has 13 heteroatoms. The van der Waals surface area contributed by atoms with E-state index in [9.17, 15) is 30.8 Å². The minimum Gasteiger partial charge on any atom is -0.368 e. The van der Waals surface area contributed by atoms with Crippen LogP contribution >= 0.6 is 0 Å². The molecule has 3 aromatic rings. The number of nitrogen functional groups attached to an aromatic ring is 1. The van der Waals surface area contributed by atoms with Crippen LogP contribution in [-0.2, 0) is 27.5 Å². The molecule has 1 saturated heterocycles. The maximum Gasteiger partial charge on any atom is 0.416 e. The molecule has 8 nitrogen and oxygen atoms in total. The van der Waals surface area contributed by atoms with Crippen LogP contribution in [0.25, 0.3) is 11.3 Å². The molecule has 0 unspecified atom stereocenters. The van der Waals surface area contributed by atoms with E-state index in [4.69, 9.17) is 5.73 Å². The molecule has 1 atom stereocenters. The van der Waals surface area contributed by atoms with Crippen molar-refractivity contribution >= 4 is 21.9 Å². The van der Waals surface area contributed by atoms with Crippen molar-refractivity contribution in [1.29, 1.82) is 0 Å². The van der Waals surface area contributed by atoms with E-state index >= 15 is 0 Å². The fourth-order valence-corrected chi connectivity index (χ4v) is 5.57. The number of nitrogens with zero attached hydrogens (tertiary/aromatic N) is 3. The number of halogens is 4. The molecule has 0 bridgehead atoms. The first kappa shape index (κ1) is 25.5. The van der Waals surface area contributed by atoms with Gasteiger partial charge in [0.05, 0.1) is 28.4 Å². The van der Waals surface area contributed by atoms with Crippen LogP contribution in [0.3, 0.4) is 0 Å². The summed E-state index contributed by atoms with van der Waals surface area (Å²) in [5.41, 5.74) is 5.87. The van der Waals surface area contributed by atoms with Gasteiger partial charge in [0.1, 0.15) is 11.9 Å². The van der Waals surface area contributed by atoms with Gasteiger partial charge in [-0.3, -0.25) is 4.79 Å². The van der Waals surface area contributed by atoms with Crippen LogP contribution in [0.2, 0.25) is 0 Å². The Morgan fingerprint density at radius 3 is 2.39 bits per heavy atom. The second-order valence-corrected chi connectivity index (χ2v) is 10.0. The SMILES string of the molecule is Nc1nc(CNC(=O)[C@@H]2CCCN2S(=O)(=O)c2ccc(F)cc2)cc(-c2ccc(C(F)(F)F)cc2)n1. The lowest BCUT2D eigenvalue weighted by Crippen LogP contribution is -2.45. The van der Waals surface area contributed by atoms with E-state index in [2.05, 4.69) is 15.3 Å². The fraction of sp³-hybridized carbons (Fsp3) is 0.261. The molecule has 190 valence electrons. The second-order valence-electron chi connectivity index (χ2n) is 8.12. The number of rotatable bonds is 6. The average molecular weight is 524 g/mol. The molecule has 4 rings (SSSR count). The predicted octanol–water partition coefficient (Wildman–Crippen LogP) is 3.35. The van der Waals surface area contributed by atoms with Crippen molar-refractivity contribution in [3.8, 4) is 11.3 Å². The molecule has 3 N–H and O–H groups in total. The van der Waals surface area contributed by atoms with Crippen molar-refractivity contribution < 1.29 is 30.8 Å². The first-order valence-electron chi connectivity index (χ1n) is 10.8. The van der Waals surface area contributed by atoms with E-state index in [1.807, 2.05) is 0 Å². The first-order chi connectivity index (χ1) is 16.9. The van der Waals surface area contributed by atoms with Gasteiger partial charge in [0.2, 0.25) is 21.9 Å². The summed E-state index contributed by atoms with van der Waals surface area (Å²) in [5.74, 6) is -1.27. The molecule has 2 aromatic carbocycles. The molecule has 1 aliphatic rings. The summed E-state index contributed by atoms with van der Waals surface area (Å²) >= 11 is 0. The Kier molecular flexibility index (Phi) is 6.96. The maximum atomic E-state index is 13.2. The summed E-state index contributed by atoms with van der Waals surface area (Å²) < 4.78 is 78.7. The van der Waals surface area contributed by atoms with Crippen LogP contribution in [0.4, 0.5) is 23.5 Å². The number of carbonyl (C=O) groups is 1. The predicted molar refractivity (Wildman–Crippen MR) is 122 cm³/mol. The lowest BCUT2D eigenvalue weighted by Gasteiger charge is -2.23. The zero-order valence-corrected chi connectivity index (χ0v) is 19.5. The van der Waals surface area contributed by atoms with Crippen LogP contribution in [0.15, 0.2) is 59.5 Å². The minimum atomic E-state index is -4.48. The van der Waals surface area contributed by atoms with E-state index in [0.29, 0.717) is 18.4 Å². The molecule has 0 radical (unpaired) electrons. The van der Waals surface area contributed by atoms with Crippen molar-refractivity contribution in [3.63, 3.8) is 0 Å². The van der Waals surface area contributed by atoms with Crippen LogP contribution in [0.1, 0.15) is 24.1 Å². The molecule has 1 fully saturated rings. The number of aromatic nitrogens is 2. The van der Waals surface area contributed by atoms with Crippen molar-refractivity contribution in [2.24, 2.45) is 0 Å². The van der Waals surface area contributed by atoms with Crippen molar-refractivity contribution in [3.05, 3.63) is 71.7 Å². The lowest BCUT2D eigenvalue weighted by molar-refractivity contribution is -0.137. The third kappa shape index (κ3) is 5.46. The van der Waals surface area contributed by atoms with Gasteiger partial charge in [-0.1, -0.05) is 12.1 Å². The number of hydrogen-bond acceptors (Lipinski definition) is 6. The van der Waals surface area contributed by atoms with E-state index < -0.39 is 39.5 Å². The minimum absolute atomic E-state index is 0.111. The van der Waals surface area contributed by atoms with E-state index in [0.717, 1.165) is 40.7 Å². The highest BCUT2D eigenvalue weighted by atomic mass is 32.2. The second kappa shape index (κ2) is 9.82. The lowest BCUT2D eigenvalue weighted by atomic mass is 10.1. The summed E-state index contributed by atoms with van der Waals surface area (Å²) in [4.78, 5) is 20.8. The Labute approximate surface area is 204 Å². The van der Waals surface area contributed by atoms with Crippen molar-refractivity contribution in [1.82, 2.24) is 19.6 Å². The third-order valence-electron chi connectivity index (χ3n) is 5.67. The molecule has 0 saturated carbocycles. The van der Waals surface area contributed by atoms with Gasteiger partial charge >= 0.3 is 6.18 Å². The maximum absolute atomic E-state index is 13.2. The largest absolute Gasteiger partial charge is 0.416 e. The summed E-state index contributed by atoms with van der Waals surface area (Å²) in [6, 6.07) is 9.21. The Morgan fingerprint density at radius 2 is 1.75 bits per heavy atom. The quantitative estimate of drug-likeness (QED) is 0.479. The van der Waals surface area contributed by atoms with Gasteiger partial charge in [-0.05, 0) is 55.3 Å². The van der Waals surface area contributed by atoms with E-state index in [-0.39, 0.29) is 35.3 Å². The molecule has 0 aliphatic carbocycles. The van der Waals surface area contributed by atoms with Crippen LogP contribution in [0, 0.1) is 5.82 Å². The number of hydrogen-bond donors (Lipinski definition) is 2. The number of carbonyl (C=O) groups excluding carboxylic acids is 1. The van der Waals surface area contributed by atoms with Gasteiger partial charge in [-0.25, -0.2) is 22.8 Å². The van der Waals surface area contributed by atoms with Gasteiger partial charge in [-0.2, -0.15) is 17.5 Å². The summed E-state index contributed by atoms with van der Waals surface area (Å²) in [6.45, 7) is 0.0243. The monoisotopic (exact) mass is 523 g/mol. The standard InChI is InChI=1S/C23H21F4N5O3S/c24-16-7-9-18(10-8-16)36(34,35)32-11-1-2-20(32)21(33)29-13-17-12-19(31-22(28)30-17)14-3-5-15(6-4-14)23(25,26)27/h3-10,12,20H,1-2,11,13H2,(H,29,33)(H2,28,30,31)/t20-/m0/s1. The molecular weight excluding hydrogens is 502 g/mol. The molecular formula is C23H21F4N5O3S. The van der Waals surface area contributed by atoms with E-state index in [1.54, 1.807) is 0 Å². The molecule has 36 heavy (non-hydrogen) atoms. The van der Waals surface area contributed by atoms with Crippen molar-refractivity contribution in [2.75, 3.05) is 12.3 Å². The molecule has 0 spiro atoms. The number of nitrogens with two attached hydrogens (primary N) is 1. The van der Waals surface area contributed by atoms with Crippen molar-refractivity contribution in [2.45, 2.75) is 36.5 Å².